The number of carbonyl (C=O) groups excluding carboxylic acids is 1. The van der Waals surface area contributed by atoms with Crippen molar-refractivity contribution in [2.75, 3.05) is 14.2 Å². The van der Waals surface area contributed by atoms with Crippen molar-refractivity contribution in [1.29, 1.82) is 0 Å². The topological polar surface area (TPSA) is 42.4 Å². The highest BCUT2D eigenvalue weighted by Gasteiger charge is 2.33. The van der Waals surface area contributed by atoms with E-state index in [2.05, 4.69) is 4.98 Å². The molecular formula is C12H15F3N2O2. The highest BCUT2D eigenvalue weighted by molar-refractivity contribution is 5.94. The van der Waals surface area contributed by atoms with E-state index in [1.54, 1.807) is 6.92 Å². The molecule has 0 aliphatic carbocycles. The molecule has 0 radical (unpaired) electrons. The molecule has 0 aliphatic rings. The van der Waals surface area contributed by atoms with Gasteiger partial charge in [0, 0.05) is 7.05 Å². The zero-order valence-electron chi connectivity index (χ0n) is 10.9. The van der Waals surface area contributed by atoms with Gasteiger partial charge in [-0.2, -0.15) is 13.2 Å². The van der Waals surface area contributed by atoms with Gasteiger partial charge in [-0.25, -0.2) is 10.0 Å². The maximum Gasteiger partial charge on any atom is 0.433 e. The lowest BCUT2D eigenvalue weighted by molar-refractivity contribution is -0.141. The smallest absolute Gasteiger partial charge is 0.274 e. The Balaban J connectivity index is 3.22. The molecule has 0 bridgehead atoms. The van der Waals surface area contributed by atoms with Crippen LogP contribution in [0.2, 0.25) is 0 Å². The van der Waals surface area contributed by atoms with E-state index in [0.717, 1.165) is 17.2 Å². The average Bonchev–Trinajstić information content (AvgIpc) is 2.36. The lowest BCUT2D eigenvalue weighted by atomic mass is 10.1. The normalized spacial score (nSPS) is 11.5. The Bertz CT molecular complexity index is 461. The molecule has 1 heterocycles. The van der Waals surface area contributed by atoms with Crippen LogP contribution in [-0.2, 0) is 17.4 Å². The van der Waals surface area contributed by atoms with Crippen LogP contribution < -0.4 is 0 Å². The Morgan fingerprint density at radius 3 is 2.53 bits per heavy atom. The van der Waals surface area contributed by atoms with E-state index in [-0.39, 0.29) is 11.3 Å². The molecule has 4 nitrogen and oxygen atoms in total. The quantitative estimate of drug-likeness (QED) is 0.794. The van der Waals surface area contributed by atoms with Gasteiger partial charge in [-0.15, -0.1) is 0 Å². The largest absolute Gasteiger partial charge is 0.433 e. The van der Waals surface area contributed by atoms with Crippen LogP contribution in [0.3, 0.4) is 0 Å². The second-order valence-corrected chi connectivity index (χ2v) is 3.92. The van der Waals surface area contributed by atoms with Crippen molar-refractivity contribution in [3.8, 4) is 0 Å². The first kappa shape index (κ1) is 15.4. The molecule has 0 unspecified atom stereocenters. The number of rotatable bonds is 4. The van der Waals surface area contributed by atoms with Crippen LogP contribution in [0.1, 0.15) is 35.1 Å². The fourth-order valence-electron chi connectivity index (χ4n) is 1.53. The Hall–Kier alpha value is -1.63. The van der Waals surface area contributed by atoms with Gasteiger partial charge in [-0.1, -0.05) is 13.3 Å². The predicted molar refractivity (Wildman–Crippen MR) is 62.3 cm³/mol. The number of hydroxylamine groups is 2. The van der Waals surface area contributed by atoms with Crippen LogP contribution >= 0.6 is 0 Å². The Labute approximate surface area is 109 Å². The molecule has 0 atom stereocenters. The molecule has 106 valence electrons. The van der Waals surface area contributed by atoms with E-state index in [1.165, 1.54) is 14.2 Å². The first-order chi connectivity index (χ1) is 8.81. The van der Waals surface area contributed by atoms with Gasteiger partial charge in [0.05, 0.1) is 18.4 Å². The van der Waals surface area contributed by atoms with Crippen molar-refractivity contribution in [1.82, 2.24) is 10.0 Å². The minimum Gasteiger partial charge on any atom is -0.274 e. The minimum absolute atomic E-state index is 0.124. The summed E-state index contributed by atoms with van der Waals surface area (Å²) in [6.45, 7) is 1.80. The molecule has 1 rings (SSSR count). The van der Waals surface area contributed by atoms with Gasteiger partial charge >= 0.3 is 6.18 Å². The first-order valence-corrected chi connectivity index (χ1v) is 5.70. The minimum atomic E-state index is -4.52. The molecule has 0 saturated heterocycles. The summed E-state index contributed by atoms with van der Waals surface area (Å²) in [5.74, 6) is -0.521. The zero-order chi connectivity index (χ0) is 14.6. The van der Waals surface area contributed by atoms with Crippen LogP contribution in [0.25, 0.3) is 0 Å². The van der Waals surface area contributed by atoms with Gasteiger partial charge in [-0.05, 0) is 18.6 Å². The molecular weight excluding hydrogens is 261 g/mol. The Kier molecular flexibility index (Phi) is 4.88. The van der Waals surface area contributed by atoms with E-state index in [4.69, 9.17) is 4.84 Å². The third kappa shape index (κ3) is 3.66. The van der Waals surface area contributed by atoms with Crippen LogP contribution in [-0.4, -0.2) is 30.1 Å². The molecule has 0 aliphatic heterocycles. The van der Waals surface area contributed by atoms with E-state index < -0.39 is 17.8 Å². The first-order valence-electron chi connectivity index (χ1n) is 5.70. The molecule has 0 fully saturated rings. The SMILES string of the molecule is CCCc1nc(C(F)(F)F)ccc1C(=O)N(C)OC. The maximum absolute atomic E-state index is 12.6. The molecule has 0 spiro atoms. The fraction of sp³-hybridized carbons (Fsp3) is 0.500. The molecule has 0 saturated carbocycles. The molecule has 0 aromatic carbocycles. The van der Waals surface area contributed by atoms with Crippen LogP contribution in [0.5, 0.6) is 0 Å². The number of hydrogen-bond donors (Lipinski definition) is 0. The second-order valence-electron chi connectivity index (χ2n) is 3.92. The van der Waals surface area contributed by atoms with Crippen molar-refractivity contribution in [3.63, 3.8) is 0 Å². The van der Waals surface area contributed by atoms with Crippen molar-refractivity contribution in [3.05, 3.63) is 29.1 Å². The number of nitrogens with zero attached hydrogens (tertiary/aromatic N) is 2. The van der Waals surface area contributed by atoms with Crippen LogP contribution in [0, 0.1) is 0 Å². The highest BCUT2D eigenvalue weighted by Crippen LogP contribution is 2.28. The Morgan fingerprint density at radius 2 is 2.05 bits per heavy atom. The van der Waals surface area contributed by atoms with Gasteiger partial charge in [-0.3, -0.25) is 9.63 Å². The molecule has 7 heteroatoms. The van der Waals surface area contributed by atoms with Gasteiger partial charge in [0.2, 0.25) is 0 Å². The van der Waals surface area contributed by atoms with Gasteiger partial charge < -0.3 is 0 Å². The summed E-state index contributed by atoms with van der Waals surface area (Å²) < 4.78 is 37.7. The number of amides is 1. The Morgan fingerprint density at radius 1 is 1.42 bits per heavy atom. The van der Waals surface area contributed by atoms with E-state index >= 15 is 0 Å². The van der Waals surface area contributed by atoms with E-state index in [1.807, 2.05) is 0 Å². The summed E-state index contributed by atoms with van der Waals surface area (Å²) in [6.07, 6.45) is -3.63. The summed E-state index contributed by atoms with van der Waals surface area (Å²) in [4.78, 5) is 20.2. The highest BCUT2D eigenvalue weighted by atomic mass is 19.4. The predicted octanol–water partition coefficient (Wildman–Crippen LogP) is 2.69. The number of hydrogen-bond acceptors (Lipinski definition) is 3. The number of halogens is 3. The third-order valence-electron chi connectivity index (χ3n) is 2.54. The molecule has 1 amide bonds. The standard InChI is InChI=1S/C12H15F3N2O2/c1-4-5-9-8(11(18)17(2)19-3)6-7-10(16-9)12(13,14)15/h6-7H,4-5H2,1-3H3. The van der Waals surface area contributed by atoms with Crippen molar-refractivity contribution < 1.29 is 22.8 Å². The number of aromatic nitrogens is 1. The summed E-state index contributed by atoms with van der Waals surface area (Å²) in [6, 6.07) is 1.94. The summed E-state index contributed by atoms with van der Waals surface area (Å²) in [7, 11) is 2.69. The number of alkyl halides is 3. The number of pyridine rings is 1. The molecule has 0 N–H and O–H groups in total. The zero-order valence-corrected chi connectivity index (χ0v) is 10.9. The number of carbonyl (C=O) groups is 1. The van der Waals surface area contributed by atoms with Gasteiger partial charge in [0.1, 0.15) is 5.69 Å². The molecule has 1 aromatic heterocycles. The van der Waals surface area contributed by atoms with Crippen LogP contribution in [0.15, 0.2) is 12.1 Å². The van der Waals surface area contributed by atoms with Crippen molar-refractivity contribution in [2.24, 2.45) is 0 Å². The summed E-state index contributed by atoms with van der Waals surface area (Å²) >= 11 is 0. The van der Waals surface area contributed by atoms with Crippen LogP contribution in [0.4, 0.5) is 13.2 Å². The average molecular weight is 276 g/mol. The van der Waals surface area contributed by atoms with E-state index in [0.29, 0.717) is 12.8 Å². The van der Waals surface area contributed by atoms with Crippen molar-refractivity contribution >= 4 is 5.91 Å². The lowest BCUT2D eigenvalue weighted by Gasteiger charge is -2.16. The maximum atomic E-state index is 12.6. The second kappa shape index (κ2) is 6.01. The molecule has 19 heavy (non-hydrogen) atoms. The van der Waals surface area contributed by atoms with Crippen molar-refractivity contribution in [2.45, 2.75) is 25.9 Å². The van der Waals surface area contributed by atoms with Gasteiger partial charge in [0.15, 0.2) is 0 Å². The third-order valence-corrected chi connectivity index (χ3v) is 2.54. The summed E-state index contributed by atoms with van der Waals surface area (Å²) in [5.41, 5.74) is -0.738. The molecule has 1 aromatic rings. The fourth-order valence-corrected chi connectivity index (χ4v) is 1.53. The monoisotopic (exact) mass is 276 g/mol. The van der Waals surface area contributed by atoms with Gasteiger partial charge in [0.25, 0.3) is 5.91 Å². The van der Waals surface area contributed by atoms with E-state index in [9.17, 15) is 18.0 Å². The number of aryl methyl sites for hydroxylation is 1. The lowest BCUT2D eigenvalue weighted by Crippen LogP contribution is -2.27. The summed E-state index contributed by atoms with van der Waals surface area (Å²) in [5, 5.41) is 0.948.